The van der Waals surface area contributed by atoms with Crippen LogP contribution in [-0.4, -0.2) is 28.6 Å². The molecule has 0 saturated heterocycles. The molecule has 1 amide bonds. The van der Waals surface area contributed by atoms with Crippen molar-refractivity contribution in [2.45, 2.75) is 33.2 Å². The Morgan fingerprint density at radius 2 is 2.07 bits per heavy atom. The molecule has 0 saturated carbocycles. The second kappa shape index (κ2) is 9.22. The van der Waals surface area contributed by atoms with Crippen molar-refractivity contribution < 1.29 is 9.53 Å². The van der Waals surface area contributed by atoms with Gasteiger partial charge in [0.15, 0.2) is 0 Å². The molecule has 0 atom stereocenters. The van der Waals surface area contributed by atoms with E-state index in [0.29, 0.717) is 13.2 Å². The molecule has 28 heavy (non-hydrogen) atoms. The topological polar surface area (TPSA) is 56.2 Å². The first kappa shape index (κ1) is 19.7. The molecule has 5 nitrogen and oxygen atoms in total. The molecule has 3 rings (SSSR count). The second-order valence-electron chi connectivity index (χ2n) is 6.88. The molecule has 5 heteroatoms. The molecule has 0 aliphatic rings. The molecular formula is C23H27N3O2. The molecule has 0 bridgehead atoms. The average molecular weight is 377 g/mol. The van der Waals surface area contributed by atoms with Gasteiger partial charge in [0.05, 0.1) is 17.6 Å². The summed E-state index contributed by atoms with van der Waals surface area (Å²) < 4.78 is 8.27. The van der Waals surface area contributed by atoms with Gasteiger partial charge >= 0.3 is 0 Å². The van der Waals surface area contributed by atoms with E-state index >= 15 is 0 Å². The summed E-state index contributed by atoms with van der Waals surface area (Å²) in [4.78, 5) is 16.1. The zero-order valence-corrected chi connectivity index (χ0v) is 16.6. The van der Waals surface area contributed by atoms with Crippen molar-refractivity contribution in [2.75, 3.05) is 13.2 Å². The number of ether oxygens (including phenoxy) is 1. The lowest BCUT2D eigenvalue weighted by molar-refractivity contribution is -0.116. The largest absolute Gasteiger partial charge is 0.491 e. The van der Waals surface area contributed by atoms with Gasteiger partial charge in [-0.15, -0.1) is 0 Å². The van der Waals surface area contributed by atoms with Crippen molar-refractivity contribution in [1.82, 2.24) is 14.9 Å². The van der Waals surface area contributed by atoms with Crippen LogP contribution in [-0.2, 0) is 17.8 Å². The van der Waals surface area contributed by atoms with Crippen LogP contribution in [0.5, 0.6) is 5.75 Å². The number of benzene rings is 2. The molecule has 0 aliphatic carbocycles. The smallest absolute Gasteiger partial charge is 0.243 e. The van der Waals surface area contributed by atoms with Gasteiger partial charge < -0.3 is 14.6 Å². The van der Waals surface area contributed by atoms with E-state index in [1.54, 1.807) is 0 Å². The fourth-order valence-electron chi connectivity index (χ4n) is 3.21. The molecule has 3 aromatic rings. The Labute approximate surface area is 166 Å². The zero-order chi connectivity index (χ0) is 19.9. The van der Waals surface area contributed by atoms with Gasteiger partial charge in [0.1, 0.15) is 18.2 Å². The summed E-state index contributed by atoms with van der Waals surface area (Å²) in [6.45, 7) is 9.50. The maximum Gasteiger partial charge on any atom is 0.243 e. The van der Waals surface area contributed by atoms with E-state index in [9.17, 15) is 4.79 Å². The minimum absolute atomic E-state index is 0.143. The van der Waals surface area contributed by atoms with Crippen molar-refractivity contribution in [3.8, 4) is 5.75 Å². The summed E-state index contributed by atoms with van der Waals surface area (Å²) >= 11 is 0. The minimum atomic E-state index is -0.143. The molecular weight excluding hydrogens is 350 g/mol. The lowest BCUT2D eigenvalue weighted by Crippen LogP contribution is -2.22. The lowest BCUT2D eigenvalue weighted by atomic mass is 10.1. The highest BCUT2D eigenvalue weighted by atomic mass is 16.5. The van der Waals surface area contributed by atoms with E-state index < -0.39 is 0 Å². The van der Waals surface area contributed by atoms with E-state index in [4.69, 9.17) is 9.72 Å². The first-order valence-electron chi connectivity index (χ1n) is 9.63. The first-order chi connectivity index (χ1) is 13.6. The number of aryl methyl sites for hydroxylation is 3. The number of para-hydroxylation sites is 2. The van der Waals surface area contributed by atoms with Gasteiger partial charge in [-0.3, -0.25) is 4.79 Å². The summed E-state index contributed by atoms with van der Waals surface area (Å²) in [6.07, 6.45) is 2.90. The minimum Gasteiger partial charge on any atom is -0.491 e. The summed E-state index contributed by atoms with van der Waals surface area (Å²) in [5.41, 5.74) is 4.42. The van der Waals surface area contributed by atoms with Gasteiger partial charge in [0, 0.05) is 13.0 Å². The van der Waals surface area contributed by atoms with Gasteiger partial charge in [0.25, 0.3) is 0 Å². The van der Waals surface area contributed by atoms with Crippen LogP contribution in [0.4, 0.5) is 0 Å². The van der Waals surface area contributed by atoms with E-state index in [-0.39, 0.29) is 5.91 Å². The van der Waals surface area contributed by atoms with Gasteiger partial charge in [0.2, 0.25) is 5.91 Å². The highest BCUT2D eigenvalue weighted by molar-refractivity contribution is 5.86. The van der Waals surface area contributed by atoms with E-state index in [1.807, 2.05) is 18.2 Å². The van der Waals surface area contributed by atoms with Crippen LogP contribution in [0.15, 0.2) is 55.1 Å². The van der Waals surface area contributed by atoms with Crippen LogP contribution in [0.3, 0.4) is 0 Å². The SMILES string of the molecule is C=CC(=O)NCCCc1nc2ccccc2n1CCOc1cc(C)ccc1C. The molecule has 1 heterocycles. The van der Waals surface area contributed by atoms with Crippen LogP contribution in [0.25, 0.3) is 11.0 Å². The summed E-state index contributed by atoms with van der Waals surface area (Å²) in [5, 5.41) is 2.81. The fourth-order valence-corrected chi connectivity index (χ4v) is 3.21. The summed E-state index contributed by atoms with van der Waals surface area (Å²) in [6, 6.07) is 14.4. The lowest BCUT2D eigenvalue weighted by Gasteiger charge is -2.13. The third-order valence-electron chi connectivity index (χ3n) is 4.71. The van der Waals surface area contributed by atoms with Gasteiger partial charge in [-0.05, 0) is 55.7 Å². The molecule has 0 fully saturated rings. The van der Waals surface area contributed by atoms with Crippen LogP contribution in [0.2, 0.25) is 0 Å². The number of carbonyl (C=O) groups excluding carboxylic acids is 1. The molecule has 0 spiro atoms. The zero-order valence-electron chi connectivity index (χ0n) is 16.6. The highest BCUT2D eigenvalue weighted by Crippen LogP contribution is 2.20. The van der Waals surface area contributed by atoms with Gasteiger partial charge in [-0.1, -0.05) is 30.8 Å². The molecule has 2 aromatic carbocycles. The summed E-state index contributed by atoms with van der Waals surface area (Å²) in [7, 11) is 0. The van der Waals surface area contributed by atoms with E-state index in [0.717, 1.165) is 47.6 Å². The standard InChI is InChI=1S/C23H27N3O2/c1-4-23(27)24-13-7-10-22-25-19-8-5-6-9-20(19)26(22)14-15-28-21-16-17(2)11-12-18(21)3/h4-6,8-9,11-12,16H,1,7,10,13-15H2,2-3H3,(H,24,27). The third kappa shape index (κ3) is 4.80. The Balaban J connectivity index is 1.69. The highest BCUT2D eigenvalue weighted by Gasteiger charge is 2.11. The molecule has 0 aliphatic heterocycles. The van der Waals surface area contributed by atoms with Crippen molar-refractivity contribution in [2.24, 2.45) is 0 Å². The molecule has 1 aromatic heterocycles. The monoisotopic (exact) mass is 377 g/mol. The predicted octanol–water partition coefficient (Wildman–Crippen LogP) is 3.97. The molecule has 1 N–H and O–H groups in total. The fraction of sp³-hybridized carbons (Fsp3) is 0.304. The Bertz CT molecular complexity index is 975. The van der Waals surface area contributed by atoms with E-state index in [1.165, 1.54) is 11.6 Å². The van der Waals surface area contributed by atoms with Crippen molar-refractivity contribution >= 4 is 16.9 Å². The molecule has 0 unspecified atom stereocenters. The maximum absolute atomic E-state index is 11.3. The number of rotatable bonds is 9. The van der Waals surface area contributed by atoms with Gasteiger partial charge in [-0.25, -0.2) is 4.98 Å². The number of nitrogens with one attached hydrogen (secondary N) is 1. The number of imidazole rings is 1. The second-order valence-corrected chi connectivity index (χ2v) is 6.88. The normalized spacial score (nSPS) is 10.8. The van der Waals surface area contributed by atoms with E-state index in [2.05, 4.69) is 54.6 Å². The van der Waals surface area contributed by atoms with Crippen molar-refractivity contribution in [1.29, 1.82) is 0 Å². The number of nitrogens with zero attached hydrogens (tertiary/aromatic N) is 2. The number of fused-ring (bicyclic) bond motifs is 1. The number of hydrogen-bond donors (Lipinski definition) is 1. The Kier molecular flexibility index (Phi) is 6.48. The Morgan fingerprint density at radius 3 is 2.89 bits per heavy atom. The quantitative estimate of drug-likeness (QED) is 0.453. The van der Waals surface area contributed by atoms with Crippen LogP contribution < -0.4 is 10.1 Å². The van der Waals surface area contributed by atoms with Crippen LogP contribution in [0.1, 0.15) is 23.4 Å². The number of hydrogen-bond acceptors (Lipinski definition) is 3. The first-order valence-corrected chi connectivity index (χ1v) is 9.63. The Hall–Kier alpha value is -3.08. The number of aromatic nitrogens is 2. The Morgan fingerprint density at radius 1 is 1.25 bits per heavy atom. The molecule has 0 radical (unpaired) electrons. The maximum atomic E-state index is 11.3. The van der Waals surface area contributed by atoms with Gasteiger partial charge in [-0.2, -0.15) is 0 Å². The average Bonchev–Trinajstić information content (AvgIpc) is 3.05. The van der Waals surface area contributed by atoms with Crippen LogP contribution >= 0.6 is 0 Å². The molecule has 146 valence electrons. The van der Waals surface area contributed by atoms with Crippen molar-refractivity contribution in [3.05, 3.63) is 72.1 Å². The van der Waals surface area contributed by atoms with Crippen molar-refractivity contribution in [3.63, 3.8) is 0 Å². The third-order valence-corrected chi connectivity index (χ3v) is 4.71. The number of amides is 1. The number of carbonyl (C=O) groups is 1. The summed E-state index contributed by atoms with van der Waals surface area (Å²) in [5.74, 6) is 1.80. The van der Waals surface area contributed by atoms with Crippen LogP contribution in [0, 0.1) is 13.8 Å². The predicted molar refractivity (Wildman–Crippen MR) is 113 cm³/mol.